The van der Waals surface area contributed by atoms with Gasteiger partial charge in [0.1, 0.15) is 5.82 Å². The Labute approximate surface area is 134 Å². The van der Waals surface area contributed by atoms with Crippen LogP contribution in [0.5, 0.6) is 0 Å². The molecular weight excluding hydrogens is 299 g/mol. The molecule has 0 spiro atoms. The first kappa shape index (κ1) is 15.6. The molecule has 3 rings (SSSR count). The SMILES string of the molecule is CO[C@@H]1CCN(Cc2cscn2)C[C@H]1Cc1cccc(F)c1. The van der Waals surface area contributed by atoms with Crippen LogP contribution >= 0.6 is 11.3 Å². The van der Waals surface area contributed by atoms with Crippen LogP contribution in [0.4, 0.5) is 4.39 Å². The third kappa shape index (κ3) is 3.91. The van der Waals surface area contributed by atoms with E-state index < -0.39 is 0 Å². The lowest BCUT2D eigenvalue weighted by Gasteiger charge is -2.37. The topological polar surface area (TPSA) is 25.4 Å². The molecule has 0 saturated carbocycles. The number of likely N-dealkylation sites (tertiary alicyclic amines) is 1. The largest absolute Gasteiger partial charge is 0.381 e. The van der Waals surface area contributed by atoms with E-state index in [1.54, 1.807) is 30.6 Å². The van der Waals surface area contributed by atoms with Crippen molar-refractivity contribution >= 4 is 11.3 Å². The maximum absolute atomic E-state index is 13.4. The average molecular weight is 320 g/mol. The molecule has 2 aromatic rings. The third-order valence-corrected chi connectivity index (χ3v) is 4.94. The summed E-state index contributed by atoms with van der Waals surface area (Å²) >= 11 is 1.63. The fourth-order valence-corrected chi connectivity index (χ4v) is 3.80. The van der Waals surface area contributed by atoms with Crippen molar-refractivity contribution < 1.29 is 9.13 Å². The van der Waals surface area contributed by atoms with E-state index in [9.17, 15) is 4.39 Å². The van der Waals surface area contributed by atoms with Crippen LogP contribution in [0.2, 0.25) is 0 Å². The Morgan fingerprint density at radius 3 is 3.09 bits per heavy atom. The summed E-state index contributed by atoms with van der Waals surface area (Å²) in [5, 5.41) is 2.10. The lowest BCUT2D eigenvalue weighted by Crippen LogP contribution is -2.44. The number of rotatable bonds is 5. The van der Waals surface area contributed by atoms with Gasteiger partial charge in [0.2, 0.25) is 0 Å². The Hall–Kier alpha value is -1.30. The van der Waals surface area contributed by atoms with Gasteiger partial charge in [-0.25, -0.2) is 9.37 Å². The molecule has 2 atom stereocenters. The lowest BCUT2D eigenvalue weighted by atomic mass is 9.88. The molecule has 3 nitrogen and oxygen atoms in total. The van der Waals surface area contributed by atoms with Crippen molar-refractivity contribution in [1.29, 1.82) is 0 Å². The number of hydrogen-bond acceptors (Lipinski definition) is 4. The fraction of sp³-hybridized carbons (Fsp3) is 0.471. The summed E-state index contributed by atoms with van der Waals surface area (Å²) in [6.07, 6.45) is 2.11. The van der Waals surface area contributed by atoms with Gasteiger partial charge in [-0.2, -0.15) is 0 Å². The van der Waals surface area contributed by atoms with Gasteiger partial charge in [0.15, 0.2) is 0 Å². The molecule has 0 aliphatic carbocycles. The van der Waals surface area contributed by atoms with Crippen LogP contribution in [-0.2, 0) is 17.7 Å². The van der Waals surface area contributed by atoms with Gasteiger partial charge in [0.05, 0.1) is 17.3 Å². The monoisotopic (exact) mass is 320 g/mol. The molecule has 1 aliphatic rings. The highest BCUT2D eigenvalue weighted by molar-refractivity contribution is 7.07. The summed E-state index contributed by atoms with van der Waals surface area (Å²) in [6.45, 7) is 2.88. The number of halogens is 1. The van der Waals surface area contributed by atoms with Gasteiger partial charge >= 0.3 is 0 Å². The van der Waals surface area contributed by atoms with Crippen LogP contribution in [0.3, 0.4) is 0 Å². The number of benzene rings is 1. The Kier molecular flexibility index (Phi) is 5.18. The molecule has 0 unspecified atom stereocenters. The van der Waals surface area contributed by atoms with Crippen molar-refractivity contribution in [2.45, 2.75) is 25.5 Å². The predicted molar refractivity (Wildman–Crippen MR) is 86.4 cm³/mol. The first-order valence-electron chi connectivity index (χ1n) is 7.61. The molecule has 22 heavy (non-hydrogen) atoms. The number of hydrogen-bond donors (Lipinski definition) is 0. The van der Waals surface area contributed by atoms with Crippen LogP contribution in [0.25, 0.3) is 0 Å². The molecular formula is C17H21FN2OS. The van der Waals surface area contributed by atoms with E-state index in [1.165, 1.54) is 6.07 Å². The van der Waals surface area contributed by atoms with Crippen LogP contribution in [0.1, 0.15) is 17.7 Å². The second kappa shape index (κ2) is 7.31. The van der Waals surface area contributed by atoms with E-state index in [0.29, 0.717) is 5.92 Å². The van der Waals surface area contributed by atoms with Gasteiger partial charge in [-0.3, -0.25) is 4.90 Å². The summed E-state index contributed by atoms with van der Waals surface area (Å²) in [5.74, 6) is 0.223. The van der Waals surface area contributed by atoms with Crippen LogP contribution in [-0.4, -0.2) is 36.2 Å². The van der Waals surface area contributed by atoms with E-state index in [2.05, 4.69) is 15.3 Å². The van der Waals surface area contributed by atoms with Crippen molar-refractivity contribution in [3.8, 4) is 0 Å². The summed E-state index contributed by atoms with van der Waals surface area (Å²) in [5.41, 5.74) is 4.05. The number of methoxy groups -OCH3 is 1. The fourth-order valence-electron chi connectivity index (χ4n) is 3.25. The standard InChI is InChI=1S/C17H21FN2OS/c1-21-17-5-6-20(10-16-11-22-12-19-16)9-14(17)7-13-3-2-4-15(18)8-13/h2-4,8,11-12,14,17H,5-7,9-10H2,1H3/t14-,17-/m1/s1. The average Bonchev–Trinajstić information content (AvgIpc) is 3.01. The number of nitrogens with zero attached hydrogens (tertiary/aromatic N) is 2. The van der Waals surface area contributed by atoms with Gasteiger partial charge in [-0.15, -0.1) is 11.3 Å². The minimum absolute atomic E-state index is 0.165. The number of piperidine rings is 1. The van der Waals surface area contributed by atoms with E-state index in [0.717, 1.165) is 43.7 Å². The maximum Gasteiger partial charge on any atom is 0.123 e. The second-order valence-corrected chi connectivity index (χ2v) is 6.59. The molecule has 1 saturated heterocycles. The molecule has 0 amide bonds. The highest BCUT2D eigenvalue weighted by atomic mass is 32.1. The maximum atomic E-state index is 13.4. The number of ether oxygens (including phenoxy) is 1. The summed E-state index contributed by atoms with van der Waals surface area (Å²) < 4.78 is 19.0. The molecule has 5 heteroatoms. The minimum atomic E-state index is -0.165. The summed E-state index contributed by atoms with van der Waals surface area (Å²) in [7, 11) is 1.78. The normalized spacial score (nSPS) is 22.8. The smallest absolute Gasteiger partial charge is 0.123 e. The van der Waals surface area contributed by atoms with Gasteiger partial charge in [0.25, 0.3) is 0 Å². The zero-order valence-corrected chi connectivity index (χ0v) is 13.6. The molecule has 0 bridgehead atoms. The predicted octanol–water partition coefficient (Wildman–Crippen LogP) is 3.36. The molecule has 118 valence electrons. The van der Waals surface area contributed by atoms with Gasteiger partial charge in [0, 0.05) is 38.0 Å². The summed E-state index contributed by atoms with van der Waals surface area (Å²) in [6, 6.07) is 6.90. The van der Waals surface area contributed by atoms with Crippen molar-refractivity contribution in [3.63, 3.8) is 0 Å². The first-order chi connectivity index (χ1) is 10.7. The van der Waals surface area contributed by atoms with E-state index in [4.69, 9.17) is 4.74 Å². The van der Waals surface area contributed by atoms with Crippen LogP contribution in [0, 0.1) is 11.7 Å². The Morgan fingerprint density at radius 1 is 1.45 bits per heavy atom. The number of thiazole rings is 1. The van der Waals surface area contributed by atoms with Crippen LogP contribution in [0.15, 0.2) is 35.2 Å². The molecule has 0 radical (unpaired) electrons. The Balaban J connectivity index is 1.66. The van der Waals surface area contributed by atoms with Crippen molar-refractivity contribution in [2.24, 2.45) is 5.92 Å². The number of aromatic nitrogens is 1. The molecule has 0 N–H and O–H groups in total. The molecule has 1 aromatic heterocycles. The van der Waals surface area contributed by atoms with Crippen molar-refractivity contribution in [3.05, 3.63) is 52.2 Å². The van der Waals surface area contributed by atoms with Crippen LogP contribution < -0.4 is 0 Å². The highest BCUT2D eigenvalue weighted by Crippen LogP contribution is 2.25. The van der Waals surface area contributed by atoms with E-state index >= 15 is 0 Å². The summed E-state index contributed by atoms with van der Waals surface area (Å²) in [4.78, 5) is 6.79. The zero-order valence-electron chi connectivity index (χ0n) is 12.7. The Morgan fingerprint density at radius 2 is 2.36 bits per heavy atom. The van der Waals surface area contributed by atoms with Gasteiger partial charge in [-0.05, 0) is 30.5 Å². The third-order valence-electron chi connectivity index (χ3n) is 4.31. The molecule has 1 fully saturated rings. The zero-order chi connectivity index (χ0) is 15.4. The Bertz CT molecular complexity index is 590. The van der Waals surface area contributed by atoms with E-state index in [-0.39, 0.29) is 11.9 Å². The highest BCUT2D eigenvalue weighted by Gasteiger charge is 2.29. The van der Waals surface area contributed by atoms with Gasteiger partial charge in [-0.1, -0.05) is 12.1 Å². The van der Waals surface area contributed by atoms with E-state index in [1.807, 2.05) is 11.6 Å². The molecule has 1 aromatic carbocycles. The minimum Gasteiger partial charge on any atom is -0.381 e. The second-order valence-electron chi connectivity index (χ2n) is 5.87. The molecule has 2 heterocycles. The molecule has 1 aliphatic heterocycles. The van der Waals surface area contributed by atoms with Gasteiger partial charge < -0.3 is 4.74 Å². The van der Waals surface area contributed by atoms with Crippen molar-refractivity contribution in [2.75, 3.05) is 20.2 Å². The quantitative estimate of drug-likeness (QED) is 0.845. The first-order valence-corrected chi connectivity index (χ1v) is 8.55. The lowest BCUT2D eigenvalue weighted by molar-refractivity contribution is -0.00875. The van der Waals surface area contributed by atoms with Crippen molar-refractivity contribution in [1.82, 2.24) is 9.88 Å².